The minimum Gasteiger partial charge on any atom is -0.314 e. The predicted octanol–water partition coefficient (Wildman–Crippen LogP) is 4.86. The molecular formula is C34H44N4O4. The molecule has 4 heterocycles. The molecule has 3 saturated carbocycles. The van der Waals surface area contributed by atoms with Crippen molar-refractivity contribution in [3.63, 3.8) is 0 Å². The SMILES string of the molecule is CN1C(=O)C2=C(C3CCCC(C4=C5C(=O)N(C)C(C6CCCCC6)=C5C(=O)N4C)C3)N(C)C(=O)C2=C1C1CCCCC1. The average molecular weight is 573 g/mol. The van der Waals surface area contributed by atoms with Crippen LogP contribution in [0, 0.1) is 23.7 Å². The van der Waals surface area contributed by atoms with Crippen LogP contribution >= 0.6 is 0 Å². The van der Waals surface area contributed by atoms with E-state index in [1.54, 1.807) is 19.6 Å². The van der Waals surface area contributed by atoms with Crippen LogP contribution in [0.1, 0.15) is 89.9 Å². The molecule has 0 spiro atoms. The molecule has 0 N–H and O–H groups in total. The minimum atomic E-state index is -0.0504. The summed E-state index contributed by atoms with van der Waals surface area (Å²) >= 11 is 0. The third-order valence-corrected chi connectivity index (χ3v) is 11.5. The van der Waals surface area contributed by atoms with Gasteiger partial charge in [-0.25, -0.2) is 0 Å². The summed E-state index contributed by atoms with van der Waals surface area (Å²) in [5, 5.41) is 0. The molecule has 0 aromatic rings. The van der Waals surface area contributed by atoms with Gasteiger partial charge in [-0.15, -0.1) is 0 Å². The monoisotopic (exact) mass is 572 g/mol. The number of carbonyl (C=O) groups excluding carboxylic acids is 4. The number of carbonyl (C=O) groups is 4. The first-order chi connectivity index (χ1) is 20.2. The van der Waals surface area contributed by atoms with Gasteiger partial charge >= 0.3 is 0 Å². The van der Waals surface area contributed by atoms with E-state index >= 15 is 0 Å². The van der Waals surface area contributed by atoms with Crippen LogP contribution in [0.5, 0.6) is 0 Å². The highest BCUT2D eigenvalue weighted by Crippen LogP contribution is 2.52. The van der Waals surface area contributed by atoms with Gasteiger partial charge in [-0.05, 0) is 44.9 Å². The van der Waals surface area contributed by atoms with Crippen molar-refractivity contribution in [2.45, 2.75) is 89.9 Å². The first-order valence-corrected chi connectivity index (χ1v) is 16.3. The Labute approximate surface area is 249 Å². The Kier molecular flexibility index (Phi) is 6.74. The largest absolute Gasteiger partial charge is 0.314 e. The Hall–Kier alpha value is -3.16. The number of hydrogen-bond donors (Lipinski definition) is 0. The van der Waals surface area contributed by atoms with E-state index in [9.17, 15) is 19.2 Å². The predicted molar refractivity (Wildman–Crippen MR) is 158 cm³/mol. The van der Waals surface area contributed by atoms with E-state index in [1.807, 2.05) is 28.2 Å². The molecule has 8 nitrogen and oxygen atoms in total. The smallest absolute Gasteiger partial charge is 0.260 e. The van der Waals surface area contributed by atoms with Gasteiger partial charge in [0.15, 0.2) is 0 Å². The number of nitrogens with zero attached hydrogens (tertiary/aromatic N) is 4. The molecule has 0 saturated heterocycles. The van der Waals surface area contributed by atoms with Crippen LogP contribution in [-0.2, 0) is 19.2 Å². The molecule has 4 aliphatic heterocycles. The van der Waals surface area contributed by atoms with Gasteiger partial charge < -0.3 is 19.6 Å². The lowest BCUT2D eigenvalue weighted by Gasteiger charge is -2.35. The first kappa shape index (κ1) is 27.7. The molecular weight excluding hydrogens is 528 g/mol. The quantitative estimate of drug-likeness (QED) is 0.482. The van der Waals surface area contributed by atoms with Crippen molar-refractivity contribution in [1.29, 1.82) is 0 Å². The van der Waals surface area contributed by atoms with Crippen molar-refractivity contribution < 1.29 is 19.2 Å². The summed E-state index contributed by atoms with van der Waals surface area (Å²) in [5.74, 6) is 0.354. The fourth-order valence-electron chi connectivity index (χ4n) is 9.51. The number of allylic oxidation sites excluding steroid dienone is 4. The molecule has 7 rings (SSSR count). The number of hydrogen-bond acceptors (Lipinski definition) is 4. The highest BCUT2D eigenvalue weighted by Gasteiger charge is 2.52. The van der Waals surface area contributed by atoms with Crippen molar-refractivity contribution in [2.24, 2.45) is 23.7 Å². The van der Waals surface area contributed by atoms with Gasteiger partial charge in [0.1, 0.15) is 0 Å². The molecule has 8 heteroatoms. The fraction of sp³-hybridized carbons (Fsp3) is 0.647. The summed E-state index contributed by atoms with van der Waals surface area (Å²) in [4.78, 5) is 62.1. The van der Waals surface area contributed by atoms with Crippen LogP contribution in [0.15, 0.2) is 45.1 Å². The van der Waals surface area contributed by atoms with Gasteiger partial charge in [0, 0.05) is 74.7 Å². The molecule has 0 radical (unpaired) electrons. The van der Waals surface area contributed by atoms with E-state index in [0.29, 0.717) is 22.3 Å². The lowest BCUT2D eigenvalue weighted by atomic mass is 9.76. The van der Waals surface area contributed by atoms with Crippen molar-refractivity contribution in [2.75, 3.05) is 28.2 Å². The van der Waals surface area contributed by atoms with Crippen LogP contribution in [0.4, 0.5) is 0 Å². The molecule has 7 aliphatic rings. The standard InChI is InChI=1S/C34H44N4O4/c1-35-27(19-12-7-5-8-13-19)23-25(33(35)41)29(37(3)31(23)39)21-16-11-17-22(18-21)30-26-24(32(40)38(30)4)28(36(2)34(26)42)20-14-9-6-10-15-20/h19-22H,5-18H2,1-4H3. The van der Waals surface area contributed by atoms with Crippen LogP contribution in [0.25, 0.3) is 0 Å². The zero-order valence-corrected chi connectivity index (χ0v) is 25.6. The van der Waals surface area contributed by atoms with Crippen molar-refractivity contribution in [3.8, 4) is 0 Å². The summed E-state index contributed by atoms with van der Waals surface area (Å²) in [6.07, 6.45) is 14.5. The van der Waals surface area contributed by atoms with E-state index in [1.165, 1.54) is 12.8 Å². The average Bonchev–Trinajstić information content (AvgIpc) is 3.62. The van der Waals surface area contributed by atoms with Gasteiger partial charge in [0.25, 0.3) is 23.6 Å². The number of fused-ring (bicyclic) bond motifs is 2. The Balaban J connectivity index is 1.26. The minimum absolute atomic E-state index is 0.0185. The summed E-state index contributed by atoms with van der Waals surface area (Å²) in [7, 11) is 7.33. The molecule has 2 atom stereocenters. The van der Waals surface area contributed by atoms with Crippen molar-refractivity contribution >= 4 is 23.6 Å². The lowest BCUT2D eigenvalue weighted by molar-refractivity contribution is -0.124. The van der Waals surface area contributed by atoms with Gasteiger partial charge in [0.05, 0.1) is 22.3 Å². The van der Waals surface area contributed by atoms with Gasteiger partial charge in [-0.3, -0.25) is 19.2 Å². The van der Waals surface area contributed by atoms with E-state index in [2.05, 4.69) is 0 Å². The van der Waals surface area contributed by atoms with Crippen LogP contribution in [-0.4, -0.2) is 71.4 Å². The maximum atomic E-state index is 13.8. The van der Waals surface area contributed by atoms with E-state index in [-0.39, 0.29) is 47.3 Å². The zero-order valence-electron chi connectivity index (χ0n) is 25.6. The number of likely N-dealkylation sites (N-methyl/N-ethyl adjacent to an activating group) is 4. The topological polar surface area (TPSA) is 81.2 Å². The second-order valence-corrected chi connectivity index (χ2v) is 13.7. The number of rotatable bonds is 4. The number of amides is 4. The van der Waals surface area contributed by atoms with E-state index < -0.39 is 0 Å². The first-order valence-electron chi connectivity index (χ1n) is 16.3. The highest BCUT2D eigenvalue weighted by atomic mass is 16.2. The van der Waals surface area contributed by atoms with Crippen LogP contribution in [0.2, 0.25) is 0 Å². The Morgan fingerprint density at radius 3 is 0.952 bits per heavy atom. The molecule has 4 amide bonds. The third-order valence-electron chi connectivity index (χ3n) is 11.5. The van der Waals surface area contributed by atoms with Crippen LogP contribution < -0.4 is 0 Å². The molecule has 42 heavy (non-hydrogen) atoms. The second-order valence-electron chi connectivity index (χ2n) is 13.7. The summed E-state index contributed by atoms with van der Waals surface area (Å²) in [5.41, 5.74) is 6.08. The molecule has 224 valence electrons. The molecule has 0 bridgehead atoms. The molecule has 3 aliphatic carbocycles. The van der Waals surface area contributed by atoms with E-state index in [0.717, 1.165) is 99.8 Å². The Morgan fingerprint density at radius 2 is 0.643 bits per heavy atom. The second kappa shape index (κ2) is 10.2. The molecule has 2 unspecified atom stereocenters. The molecule has 0 aromatic carbocycles. The highest BCUT2D eigenvalue weighted by molar-refractivity contribution is 6.20. The third kappa shape index (κ3) is 3.85. The summed E-state index contributed by atoms with van der Waals surface area (Å²) < 4.78 is 0. The molecule has 3 fully saturated rings. The Morgan fingerprint density at radius 1 is 0.381 bits per heavy atom. The fourth-order valence-corrected chi connectivity index (χ4v) is 9.51. The zero-order chi connectivity index (χ0) is 29.4. The van der Waals surface area contributed by atoms with Gasteiger partial charge in [-0.2, -0.15) is 0 Å². The summed E-state index contributed by atoms with van der Waals surface area (Å²) in [6.45, 7) is 0. The van der Waals surface area contributed by atoms with Crippen molar-refractivity contribution in [3.05, 3.63) is 45.1 Å². The Bertz CT molecular complexity index is 1300. The van der Waals surface area contributed by atoms with E-state index in [4.69, 9.17) is 0 Å². The maximum absolute atomic E-state index is 13.8. The van der Waals surface area contributed by atoms with Crippen molar-refractivity contribution in [1.82, 2.24) is 19.6 Å². The molecule has 0 aromatic heterocycles. The van der Waals surface area contributed by atoms with Gasteiger partial charge in [-0.1, -0.05) is 44.9 Å². The summed E-state index contributed by atoms with van der Waals surface area (Å²) in [6, 6.07) is 0. The van der Waals surface area contributed by atoms with Gasteiger partial charge in [0.2, 0.25) is 0 Å². The lowest BCUT2D eigenvalue weighted by Crippen LogP contribution is -2.35. The van der Waals surface area contributed by atoms with Crippen LogP contribution in [0.3, 0.4) is 0 Å². The maximum Gasteiger partial charge on any atom is 0.260 e. The normalized spacial score (nSPS) is 29.9.